The first kappa shape index (κ1) is 27.1. The van der Waals surface area contributed by atoms with E-state index in [2.05, 4.69) is 20.4 Å². The van der Waals surface area contributed by atoms with Crippen LogP contribution in [0.15, 0.2) is 66.5 Å². The zero-order valence-corrected chi connectivity index (χ0v) is 22.9. The third kappa shape index (κ3) is 6.07. The fraction of sp³-hybridized carbons (Fsp3) is 0.419. The summed E-state index contributed by atoms with van der Waals surface area (Å²) in [6.45, 7) is 9.65. The van der Waals surface area contributed by atoms with E-state index in [-0.39, 0.29) is 29.5 Å². The van der Waals surface area contributed by atoms with Gasteiger partial charge in [0, 0.05) is 49.4 Å². The van der Waals surface area contributed by atoms with E-state index in [0.717, 1.165) is 37.8 Å². The number of nitrogens with zero attached hydrogens (tertiary/aromatic N) is 2. The molecule has 0 spiro atoms. The van der Waals surface area contributed by atoms with Crippen molar-refractivity contribution in [3.8, 4) is 0 Å². The molecule has 1 saturated heterocycles. The van der Waals surface area contributed by atoms with Crippen molar-refractivity contribution in [1.82, 2.24) is 9.80 Å². The highest BCUT2D eigenvalue weighted by molar-refractivity contribution is 6.06. The standard InChI is InChI=1S/C31H38FN5O2/c1-20-18-23(32)7-12-26(20)22-6-13-27(33)28(19-22)35-29(38)21-4-8-24(9-5-21)34-30(39)31(2,3)37-16-14-36(15-17-37)25-10-11-25/h4-9,12-13,18-20,25-26H,10-11,14-17,33H2,1-3H3,(H,34,39)(H,35,38). The van der Waals surface area contributed by atoms with Crippen LogP contribution >= 0.6 is 0 Å². The van der Waals surface area contributed by atoms with Crippen molar-refractivity contribution in [3.05, 3.63) is 77.6 Å². The number of amides is 2. The highest BCUT2D eigenvalue weighted by Crippen LogP contribution is 2.35. The maximum absolute atomic E-state index is 13.6. The number of nitrogen functional groups attached to an aromatic ring is 1. The average molecular weight is 532 g/mol. The number of halogens is 1. The molecule has 2 fully saturated rings. The van der Waals surface area contributed by atoms with Gasteiger partial charge in [-0.3, -0.25) is 19.4 Å². The van der Waals surface area contributed by atoms with Gasteiger partial charge in [0.25, 0.3) is 5.91 Å². The van der Waals surface area contributed by atoms with Crippen LogP contribution < -0.4 is 16.4 Å². The minimum absolute atomic E-state index is 0.00466. The molecular formula is C31H38FN5O2. The van der Waals surface area contributed by atoms with Crippen LogP contribution in [0.25, 0.3) is 0 Å². The Bertz CT molecular complexity index is 1290. The Balaban J connectivity index is 1.19. The quantitative estimate of drug-likeness (QED) is 0.430. The van der Waals surface area contributed by atoms with Crippen molar-refractivity contribution < 1.29 is 14.0 Å². The molecule has 0 aromatic heterocycles. The van der Waals surface area contributed by atoms with Gasteiger partial charge in [-0.2, -0.15) is 0 Å². The van der Waals surface area contributed by atoms with Gasteiger partial charge in [0.1, 0.15) is 5.83 Å². The predicted octanol–water partition coefficient (Wildman–Crippen LogP) is 5.16. The summed E-state index contributed by atoms with van der Waals surface area (Å²) >= 11 is 0. The Hall–Kier alpha value is -3.49. The van der Waals surface area contributed by atoms with Crippen molar-refractivity contribution in [2.45, 2.75) is 51.1 Å². The van der Waals surface area contributed by atoms with E-state index in [1.165, 1.54) is 18.9 Å². The molecule has 7 nitrogen and oxygen atoms in total. The molecule has 4 N–H and O–H groups in total. The molecule has 2 aromatic rings. The van der Waals surface area contributed by atoms with E-state index >= 15 is 0 Å². The molecule has 1 aliphatic heterocycles. The second-order valence-electron chi connectivity index (χ2n) is 11.4. The largest absolute Gasteiger partial charge is 0.397 e. The number of benzene rings is 2. The van der Waals surface area contributed by atoms with Crippen molar-refractivity contribution in [1.29, 1.82) is 0 Å². The van der Waals surface area contributed by atoms with Gasteiger partial charge in [0.2, 0.25) is 5.91 Å². The summed E-state index contributed by atoms with van der Waals surface area (Å²) in [5.74, 6) is -0.622. The van der Waals surface area contributed by atoms with E-state index in [1.807, 2.05) is 39.0 Å². The summed E-state index contributed by atoms with van der Waals surface area (Å²) < 4.78 is 13.6. The highest BCUT2D eigenvalue weighted by Gasteiger charge is 2.39. The monoisotopic (exact) mass is 531 g/mol. The summed E-state index contributed by atoms with van der Waals surface area (Å²) in [6.07, 6.45) is 7.50. The molecule has 2 aliphatic carbocycles. The fourth-order valence-electron chi connectivity index (χ4n) is 5.50. The van der Waals surface area contributed by atoms with E-state index in [0.29, 0.717) is 22.6 Å². The van der Waals surface area contributed by atoms with E-state index < -0.39 is 5.54 Å². The molecule has 8 heteroatoms. The van der Waals surface area contributed by atoms with E-state index in [4.69, 9.17) is 5.73 Å². The fourth-order valence-corrected chi connectivity index (χ4v) is 5.50. The molecule has 2 atom stereocenters. The average Bonchev–Trinajstić information content (AvgIpc) is 3.76. The number of nitrogens with two attached hydrogens (primary N) is 1. The topological polar surface area (TPSA) is 90.7 Å². The van der Waals surface area contributed by atoms with E-state index in [9.17, 15) is 14.0 Å². The first-order valence-electron chi connectivity index (χ1n) is 13.8. The molecule has 3 aliphatic rings. The second kappa shape index (κ2) is 10.9. The molecule has 0 radical (unpaired) electrons. The van der Waals surface area contributed by atoms with Crippen molar-refractivity contribution in [2.75, 3.05) is 42.5 Å². The van der Waals surface area contributed by atoms with Gasteiger partial charge in [-0.1, -0.05) is 19.1 Å². The van der Waals surface area contributed by atoms with Crippen LogP contribution in [0, 0.1) is 5.92 Å². The molecule has 2 unspecified atom stereocenters. The van der Waals surface area contributed by atoms with Gasteiger partial charge >= 0.3 is 0 Å². The number of anilines is 3. The van der Waals surface area contributed by atoms with Crippen LogP contribution in [0.4, 0.5) is 21.5 Å². The lowest BCUT2D eigenvalue weighted by atomic mass is 9.84. The van der Waals surface area contributed by atoms with Crippen LogP contribution in [-0.2, 0) is 4.79 Å². The third-order valence-corrected chi connectivity index (χ3v) is 8.29. The van der Waals surface area contributed by atoms with Crippen LogP contribution in [0.2, 0.25) is 0 Å². The van der Waals surface area contributed by atoms with Crippen LogP contribution in [0.3, 0.4) is 0 Å². The van der Waals surface area contributed by atoms with Crippen molar-refractivity contribution in [2.24, 2.45) is 5.92 Å². The third-order valence-electron chi connectivity index (χ3n) is 8.29. The van der Waals surface area contributed by atoms with Crippen molar-refractivity contribution in [3.63, 3.8) is 0 Å². The SMILES string of the molecule is CC1C=C(F)C=CC1c1ccc(N)c(NC(=O)c2ccc(NC(=O)C(C)(C)N3CCN(C4CC4)CC3)cc2)c1. The first-order chi connectivity index (χ1) is 18.6. The number of hydrogen-bond donors (Lipinski definition) is 3. The number of rotatable bonds is 7. The lowest BCUT2D eigenvalue weighted by Crippen LogP contribution is -2.59. The van der Waals surface area contributed by atoms with Crippen molar-refractivity contribution >= 4 is 28.9 Å². The van der Waals surface area contributed by atoms with Gasteiger partial charge in [-0.15, -0.1) is 0 Å². The normalized spacial score (nSPS) is 22.3. The smallest absolute Gasteiger partial charge is 0.255 e. The lowest BCUT2D eigenvalue weighted by Gasteiger charge is -2.43. The second-order valence-corrected chi connectivity index (χ2v) is 11.4. The Kier molecular flexibility index (Phi) is 7.60. The summed E-state index contributed by atoms with van der Waals surface area (Å²) in [6, 6.07) is 13.1. The molecular weight excluding hydrogens is 493 g/mol. The van der Waals surface area contributed by atoms with Gasteiger partial charge in [-0.05, 0) is 86.7 Å². The number of carbonyl (C=O) groups is 2. The van der Waals surface area contributed by atoms with Gasteiger partial charge in [0.15, 0.2) is 0 Å². The van der Waals surface area contributed by atoms with Gasteiger partial charge < -0.3 is 16.4 Å². The number of piperazine rings is 1. The Morgan fingerprint density at radius 1 is 1.00 bits per heavy atom. The molecule has 1 saturated carbocycles. The zero-order valence-electron chi connectivity index (χ0n) is 22.9. The maximum Gasteiger partial charge on any atom is 0.255 e. The van der Waals surface area contributed by atoms with Crippen LogP contribution in [0.1, 0.15) is 55.5 Å². The minimum atomic E-state index is -0.638. The summed E-state index contributed by atoms with van der Waals surface area (Å²) in [4.78, 5) is 31.0. The Morgan fingerprint density at radius 3 is 2.33 bits per heavy atom. The first-order valence-corrected chi connectivity index (χ1v) is 13.8. The summed E-state index contributed by atoms with van der Waals surface area (Å²) in [5, 5.41) is 5.92. The number of allylic oxidation sites excluding steroid dienone is 4. The molecule has 39 heavy (non-hydrogen) atoms. The molecule has 2 aromatic carbocycles. The Labute approximate surface area is 229 Å². The zero-order chi connectivity index (χ0) is 27.7. The van der Waals surface area contributed by atoms with Crippen LogP contribution in [0.5, 0.6) is 0 Å². The molecule has 5 rings (SSSR count). The Morgan fingerprint density at radius 2 is 1.69 bits per heavy atom. The summed E-state index contributed by atoms with van der Waals surface area (Å²) in [5.41, 5.74) is 8.50. The molecule has 206 valence electrons. The van der Waals surface area contributed by atoms with Gasteiger partial charge in [-0.25, -0.2) is 4.39 Å². The molecule has 0 bridgehead atoms. The summed E-state index contributed by atoms with van der Waals surface area (Å²) in [7, 11) is 0. The predicted molar refractivity (Wildman–Crippen MR) is 154 cm³/mol. The number of nitrogens with one attached hydrogen (secondary N) is 2. The lowest BCUT2D eigenvalue weighted by molar-refractivity contribution is -0.127. The number of carbonyl (C=O) groups excluding carboxylic acids is 2. The number of hydrogen-bond acceptors (Lipinski definition) is 5. The minimum Gasteiger partial charge on any atom is -0.397 e. The van der Waals surface area contributed by atoms with Gasteiger partial charge in [0.05, 0.1) is 16.9 Å². The highest BCUT2D eigenvalue weighted by atomic mass is 19.1. The van der Waals surface area contributed by atoms with E-state index in [1.54, 1.807) is 36.4 Å². The van der Waals surface area contributed by atoms with Crippen LogP contribution in [-0.4, -0.2) is 59.4 Å². The maximum atomic E-state index is 13.6. The molecule has 1 heterocycles. The molecule has 2 amide bonds.